The number of piperidine rings is 1. The monoisotopic (exact) mass is 656 g/mol. The van der Waals surface area contributed by atoms with Crippen LogP contribution in [-0.2, 0) is 19.3 Å². The van der Waals surface area contributed by atoms with Gasteiger partial charge in [-0.25, -0.2) is 14.4 Å². The summed E-state index contributed by atoms with van der Waals surface area (Å²) in [5.74, 6) is 1.99. The number of ether oxygens (including phenoxy) is 2. The van der Waals surface area contributed by atoms with Crippen LogP contribution < -0.4 is 16.1 Å². The number of likely N-dealkylation sites (N-methyl/N-ethyl adjacent to an activating group) is 1. The lowest BCUT2D eigenvalue weighted by Crippen LogP contribution is -2.31. The Morgan fingerprint density at radius 2 is 1.83 bits per heavy atom. The van der Waals surface area contributed by atoms with Crippen molar-refractivity contribution >= 4 is 23.5 Å². The molecule has 1 unspecified atom stereocenters. The zero-order valence-electron chi connectivity index (χ0n) is 27.9. The van der Waals surface area contributed by atoms with Gasteiger partial charge >= 0.3 is 0 Å². The molecular formula is C35H50F2N6O4. The zero-order valence-corrected chi connectivity index (χ0v) is 27.9. The van der Waals surface area contributed by atoms with Gasteiger partial charge in [0.25, 0.3) is 0 Å². The number of nitrogens with zero attached hydrogens (tertiary/aromatic N) is 4. The molecule has 3 aromatic rings. The van der Waals surface area contributed by atoms with E-state index in [1.165, 1.54) is 31.9 Å². The minimum absolute atomic E-state index is 0.0110. The summed E-state index contributed by atoms with van der Waals surface area (Å²) in [6, 6.07) is 15.4. The van der Waals surface area contributed by atoms with Gasteiger partial charge in [0.15, 0.2) is 0 Å². The van der Waals surface area contributed by atoms with E-state index < -0.39 is 0 Å². The molecule has 2 aromatic carbocycles. The lowest BCUT2D eigenvalue weighted by molar-refractivity contribution is -0.165. The Morgan fingerprint density at radius 3 is 2.47 bits per heavy atom. The number of aromatic nitrogens is 2. The van der Waals surface area contributed by atoms with E-state index in [4.69, 9.17) is 30.0 Å². The van der Waals surface area contributed by atoms with Crippen molar-refractivity contribution in [1.82, 2.24) is 14.9 Å². The fourth-order valence-corrected chi connectivity index (χ4v) is 5.02. The van der Waals surface area contributed by atoms with E-state index in [-0.39, 0.29) is 18.5 Å². The maximum absolute atomic E-state index is 13.8. The highest BCUT2D eigenvalue weighted by Crippen LogP contribution is 2.32. The van der Waals surface area contributed by atoms with Gasteiger partial charge in [-0.05, 0) is 87.0 Å². The standard InChI is InChI=1S/C28H33F2N5O2.C5H13NO.C2H4O/c1-34-14-3-4-22(18-34)28-32-26(17-27(33-28)31-24-6-2-5-23(29)16-24)21-9-11-25(12-10-21)35(37-30)19-36-15-13-20-7-8-20;1-2-4-7-5-3-6;1-2-3/h2,5-6,9-12,16-17,20,22H,3-4,7-8,13-15,18-19H2,1H3,(H,31,32,33);2-6H2,1H3;2H,1H3. The van der Waals surface area contributed by atoms with E-state index in [0.717, 1.165) is 79.7 Å². The normalized spacial score (nSPS) is 15.9. The molecule has 1 aromatic heterocycles. The van der Waals surface area contributed by atoms with Gasteiger partial charge in [-0.15, -0.1) is 0 Å². The lowest BCUT2D eigenvalue weighted by Gasteiger charge is -2.29. The van der Waals surface area contributed by atoms with Crippen molar-refractivity contribution in [3.05, 3.63) is 66.2 Å². The third kappa shape index (κ3) is 14.0. The van der Waals surface area contributed by atoms with Crippen LogP contribution in [0.2, 0.25) is 0 Å². The first-order valence-corrected chi connectivity index (χ1v) is 16.4. The highest BCUT2D eigenvalue weighted by molar-refractivity contribution is 5.67. The summed E-state index contributed by atoms with van der Waals surface area (Å²) in [5.41, 5.74) is 7.89. The largest absolute Gasteiger partial charge is 0.380 e. The predicted molar refractivity (Wildman–Crippen MR) is 181 cm³/mol. The Kier molecular flexibility index (Phi) is 17.2. The molecule has 5 rings (SSSR count). The van der Waals surface area contributed by atoms with Crippen molar-refractivity contribution in [2.45, 2.75) is 58.3 Å². The second kappa shape index (κ2) is 21.3. The van der Waals surface area contributed by atoms with E-state index in [0.29, 0.717) is 37.0 Å². The van der Waals surface area contributed by atoms with Gasteiger partial charge in [-0.2, -0.15) is 5.06 Å². The Morgan fingerprint density at radius 1 is 1.06 bits per heavy atom. The van der Waals surface area contributed by atoms with Crippen LogP contribution in [0.15, 0.2) is 54.6 Å². The summed E-state index contributed by atoms with van der Waals surface area (Å²) in [6.07, 6.45) is 7.44. The summed E-state index contributed by atoms with van der Waals surface area (Å²) < 4.78 is 37.6. The minimum atomic E-state index is -0.319. The highest BCUT2D eigenvalue weighted by atomic mass is 19.3. The predicted octanol–water partition coefficient (Wildman–Crippen LogP) is 6.81. The van der Waals surface area contributed by atoms with E-state index >= 15 is 0 Å². The second-order valence-electron chi connectivity index (χ2n) is 11.6. The third-order valence-electron chi connectivity index (χ3n) is 7.55. The van der Waals surface area contributed by atoms with Gasteiger partial charge in [0.2, 0.25) is 0 Å². The van der Waals surface area contributed by atoms with Crippen LogP contribution in [0, 0.1) is 11.7 Å². The first-order chi connectivity index (χ1) is 22.9. The quantitative estimate of drug-likeness (QED) is 0.0783. The summed E-state index contributed by atoms with van der Waals surface area (Å²) in [4.78, 5) is 20.8. The summed E-state index contributed by atoms with van der Waals surface area (Å²) in [6.45, 7) is 8.25. The van der Waals surface area contributed by atoms with E-state index in [1.807, 2.05) is 18.2 Å². The van der Waals surface area contributed by atoms with Gasteiger partial charge in [-0.3, -0.25) is 0 Å². The number of anilines is 3. The number of likely N-dealkylation sites (tertiary alicyclic amines) is 1. The number of nitrogens with one attached hydrogen (secondary N) is 1. The molecule has 1 saturated heterocycles. The number of aldehydes is 1. The van der Waals surface area contributed by atoms with E-state index in [2.05, 4.69) is 29.2 Å². The van der Waals surface area contributed by atoms with Gasteiger partial charge in [0, 0.05) is 49.5 Å². The summed E-state index contributed by atoms with van der Waals surface area (Å²) >= 11 is 0. The number of benzene rings is 2. The Balaban J connectivity index is 0.000000526. The van der Waals surface area contributed by atoms with Crippen LogP contribution in [0.3, 0.4) is 0 Å². The zero-order chi connectivity index (χ0) is 33.9. The lowest BCUT2D eigenvalue weighted by atomic mass is 9.97. The number of carbonyl (C=O) groups excluding carboxylic acids is 1. The van der Waals surface area contributed by atoms with Crippen LogP contribution >= 0.6 is 0 Å². The Labute approximate surface area is 277 Å². The first kappa shape index (κ1) is 37.9. The molecule has 2 fully saturated rings. The fraction of sp³-hybridized carbons (Fsp3) is 0.514. The molecule has 0 spiro atoms. The highest BCUT2D eigenvalue weighted by Gasteiger charge is 2.23. The number of carbonyl (C=O) groups is 1. The molecule has 2 aliphatic rings. The molecule has 1 saturated carbocycles. The topological polar surface area (TPSA) is 115 Å². The molecule has 258 valence electrons. The number of hydroxylamine groups is 1. The van der Waals surface area contributed by atoms with Crippen molar-refractivity contribution < 1.29 is 28.2 Å². The third-order valence-corrected chi connectivity index (χ3v) is 7.55. The van der Waals surface area contributed by atoms with Crippen LogP contribution in [-0.4, -0.2) is 74.4 Å². The summed E-state index contributed by atoms with van der Waals surface area (Å²) in [5, 5.41) is 8.35. The Bertz CT molecular complexity index is 1310. The molecule has 0 radical (unpaired) electrons. The van der Waals surface area contributed by atoms with Crippen molar-refractivity contribution in [3.8, 4) is 11.3 Å². The van der Waals surface area contributed by atoms with Crippen molar-refractivity contribution in [3.63, 3.8) is 0 Å². The SMILES string of the molecule is CC=O.CCCOCCN.CN1CCCC(c2nc(Nc3cccc(F)c3)cc(-c3ccc(N(COCCC4CC4)OF)cc3)n2)C1. The fourth-order valence-electron chi connectivity index (χ4n) is 5.02. The van der Waals surface area contributed by atoms with Gasteiger partial charge in [0.1, 0.15) is 30.5 Å². The summed E-state index contributed by atoms with van der Waals surface area (Å²) in [7, 11) is 2.11. The number of rotatable bonds is 15. The van der Waals surface area contributed by atoms with Crippen molar-refractivity contribution in [1.29, 1.82) is 0 Å². The molecule has 0 bridgehead atoms. The molecular weight excluding hydrogens is 606 g/mol. The number of hydrogen-bond donors (Lipinski definition) is 2. The minimum Gasteiger partial charge on any atom is -0.380 e. The average molecular weight is 657 g/mol. The number of halogens is 2. The van der Waals surface area contributed by atoms with Crippen LogP contribution in [0.1, 0.15) is 64.1 Å². The van der Waals surface area contributed by atoms with Crippen LogP contribution in [0.5, 0.6) is 0 Å². The molecule has 12 heteroatoms. The van der Waals surface area contributed by atoms with Gasteiger partial charge < -0.3 is 30.2 Å². The Hall–Kier alpha value is -3.55. The molecule has 47 heavy (non-hydrogen) atoms. The number of nitrogens with two attached hydrogens (primary N) is 1. The van der Waals surface area contributed by atoms with E-state index in [9.17, 15) is 8.92 Å². The van der Waals surface area contributed by atoms with Gasteiger partial charge in [-0.1, -0.05) is 43.0 Å². The second-order valence-corrected chi connectivity index (χ2v) is 11.6. The molecule has 1 aliphatic heterocycles. The molecule has 10 nitrogen and oxygen atoms in total. The van der Waals surface area contributed by atoms with Gasteiger partial charge in [0.05, 0.1) is 18.0 Å². The molecule has 3 N–H and O–H groups in total. The maximum Gasteiger partial charge on any atom is 0.147 e. The average Bonchev–Trinajstić information content (AvgIpc) is 3.90. The van der Waals surface area contributed by atoms with E-state index in [1.54, 1.807) is 24.3 Å². The molecule has 1 atom stereocenters. The smallest absolute Gasteiger partial charge is 0.147 e. The van der Waals surface area contributed by atoms with Crippen LogP contribution in [0.4, 0.5) is 26.1 Å². The van der Waals surface area contributed by atoms with Crippen LogP contribution in [0.25, 0.3) is 11.3 Å². The number of hydrogen-bond acceptors (Lipinski definition) is 10. The molecule has 0 amide bonds. The van der Waals surface area contributed by atoms with Crippen molar-refractivity contribution in [2.75, 3.05) is 63.6 Å². The molecule has 2 heterocycles. The van der Waals surface area contributed by atoms with Crippen molar-refractivity contribution in [2.24, 2.45) is 11.7 Å². The molecule has 1 aliphatic carbocycles. The first-order valence-electron chi connectivity index (χ1n) is 16.4. The maximum atomic E-state index is 13.8.